The Morgan fingerprint density at radius 1 is 1.19 bits per heavy atom. The van der Waals surface area contributed by atoms with E-state index in [0.29, 0.717) is 46.6 Å². The number of rotatable bonds is 7. The maximum atomic E-state index is 13.3. The molecule has 0 aliphatic carbocycles. The molecule has 5 rings (SSSR count). The number of aromatic nitrogens is 4. The van der Waals surface area contributed by atoms with Gasteiger partial charge in [-0.15, -0.1) is 0 Å². The van der Waals surface area contributed by atoms with Crippen molar-refractivity contribution in [3.63, 3.8) is 0 Å². The number of nitrogens with zero attached hydrogens (tertiary/aromatic N) is 4. The van der Waals surface area contributed by atoms with Gasteiger partial charge in [0.1, 0.15) is 11.5 Å². The number of carbonyl (C=O) groups excluding carboxylic acids is 1. The minimum Gasteiger partial charge on any atom is -0.496 e. The number of benzene rings is 2. The van der Waals surface area contributed by atoms with Crippen molar-refractivity contribution in [3.05, 3.63) is 47.8 Å². The topological polar surface area (TPSA) is 103 Å². The zero-order valence-electron chi connectivity index (χ0n) is 20.8. The van der Waals surface area contributed by atoms with Gasteiger partial charge in [0, 0.05) is 30.9 Å². The minimum absolute atomic E-state index is 0.0983. The van der Waals surface area contributed by atoms with Gasteiger partial charge in [-0.05, 0) is 48.2 Å². The summed E-state index contributed by atoms with van der Waals surface area (Å²) >= 11 is 0. The number of aliphatic hydroxyl groups is 1. The van der Waals surface area contributed by atoms with E-state index in [9.17, 15) is 18.7 Å². The highest BCUT2D eigenvalue weighted by Gasteiger charge is 2.30. The highest BCUT2D eigenvalue weighted by atomic mass is 19.3. The lowest BCUT2D eigenvalue weighted by atomic mass is 9.88. The second-order valence-corrected chi connectivity index (χ2v) is 9.27. The Hall–Kier alpha value is -3.99. The number of alkyl halides is 2. The highest BCUT2D eigenvalue weighted by Crippen LogP contribution is 2.42. The number of aliphatic hydroxyl groups excluding tert-OH is 1. The third kappa shape index (κ3) is 4.50. The Balaban J connectivity index is 1.68. The van der Waals surface area contributed by atoms with Crippen LogP contribution in [0.5, 0.6) is 11.5 Å². The lowest BCUT2D eigenvalue weighted by molar-refractivity contribution is -0.0502. The van der Waals surface area contributed by atoms with E-state index in [2.05, 4.69) is 15.5 Å². The van der Waals surface area contributed by atoms with Gasteiger partial charge < -0.3 is 19.9 Å². The summed E-state index contributed by atoms with van der Waals surface area (Å²) in [4.78, 5) is 12.5. The van der Waals surface area contributed by atoms with Crippen molar-refractivity contribution in [1.29, 1.82) is 0 Å². The molecule has 1 amide bonds. The summed E-state index contributed by atoms with van der Waals surface area (Å²) in [5.74, 6) is -0.178. The zero-order valence-corrected chi connectivity index (χ0v) is 20.8. The number of ether oxygens (including phenoxy) is 2. The highest BCUT2D eigenvalue weighted by molar-refractivity contribution is 6.03. The molecule has 194 valence electrons. The fourth-order valence-electron chi connectivity index (χ4n) is 4.87. The normalized spacial score (nSPS) is 16.1. The molecule has 0 spiro atoms. The lowest BCUT2D eigenvalue weighted by Gasteiger charge is -2.25. The molecule has 0 saturated heterocycles. The summed E-state index contributed by atoms with van der Waals surface area (Å²) in [7, 11) is 3.31. The zero-order chi connectivity index (χ0) is 26.4. The van der Waals surface area contributed by atoms with Gasteiger partial charge in [-0.2, -0.15) is 19.0 Å². The Labute approximate surface area is 211 Å². The molecule has 2 atom stereocenters. The van der Waals surface area contributed by atoms with Crippen molar-refractivity contribution in [2.45, 2.75) is 39.0 Å². The van der Waals surface area contributed by atoms with Gasteiger partial charge >= 0.3 is 6.61 Å². The Kier molecular flexibility index (Phi) is 6.32. The van der Waals surface area contributed by atoms with Crippen molar-refractivity contribution in [2.24, 2.45) is 7.05 Å². The number of hydrogen-bond donors (Lipinski definition) is 2. The van der Waals surface area contributed by atoms with Gasteiger partial charge in [0.2, 0.25) is 0 Å². The number of halogens is 2. The molecule has 0 saturated carbocycles. The fourth-order valence-corrected chi connectivity index (χ4v) is 4.87. The maximum absolute atomic E-state index is 13.3. The molecular formula is C26H27F2N5O4. The molecule has 2 aromatic heterocycles. The summed E-state index contributed by atoms with van der Waals surface area (Å²) in [5, 5.41) is 22.1. The second kappa shape index (κ2) is 9.47. The van der Waals surface area contributed by atoms with Crippen LogP contribution in [-0.2, 0) is 13.6 Å². The van der Waals surface area contributed by atoms with Crippen LogP contribution < -0.4 is 14.8 Å². The van der Waals surface area contributed by atoms with Crippen molar-refractivity contribution in [2.75, 3.05) is 13.7 Å². The van der Waals surface area contributed by atoms with E-state index in [4.69, 9.17) is 9.47 Å². The van der Waals surface area contributed by atoms with Gasteiger partial charge in [0.15, 0.2) is 0 Å². The average Bonchev–Trinajstić information content (AvgIpc) is 3.43. The molecule has 9 nitrogen and oxygen atoms in total. The molecule has 2 N–H and O–H groups in total. The van der Waals surface area contributed by atoms with Crippen LogP contribution in [0.2, 0.25) is 0 Å². The second-order valence-electron chi connectivity index (χ2n) is 9.27. The molecule has 0 fully saturated rings. The summed E-state index contributed by atoms with van der Waals surface area (Å²) in [5.41, 5.74) is 4.26. The smallest absolute Gasteiger partial charge is 0.387 e. The van der Waals surface area contributed by atoms with E-state index in [1.807, 2.05) is 31.3 Å². The Bertz CT molecular complexity index is 1490. The fraction of sp³-hybridized carbons (Fsp3) is 0.346. The number of fused-ring (bicyclic) bond motifs is 2. The van der Waals surface area contributed by atoms with Crippen LogP contribution in [0.25, 0.3) is 33.3 Å². The van der Waals surface area contributed by atoms with E-state index in [0.717, 1.165) is 11.1 Å². The summed E-state index contributed by atoms with van der Waals surface area (Å²) in [6.45, 7) is 1.28. The standard InChI is InChI=1S/C26H27F2N5O4/c1-13-9-29-25(35)22-18(13)5-16(8-21(22)37-26(27)28)24-23-19(31-32(24)3)6-15(7-20(23)36-4)17-10-30-33(12-17)11-14(2)34/h5-8,10,12-14,26,34H,9,11H2,1-4H3,(H,29,35)/t13-,14-/m0/s1. The average molecular weight is 512 g/mol. The molecule has 1 aliphatic heterocycles. The van der Waals surface area contributed by atoms with Crippen molar-refractivity contribution < 1.29 is 28.2 Å². The van der Waals surface area contributed by atoms with Gasteiger partial charge in [-0.1, -0.05) is 6.92 Å². The van der Waals surface area contributed by atoms with E-state index in [1.165, 1.54) is 6.07 Å². The monoisotopic (exact) mass is 511 g/mol. The van der Waals surface area contributed by atoms with Crippen LogP contribution in [0, 0.1) is 0 Å². The predicted molar refractivity (Wildman–Crippen MR) is 133 cm³/mol. The number of aryl methyl sites for hydroxylation is 1. The first-order valence-electron chi connectivity index (χ1n) is 11.8. The van der Waals surface area contributed by atoms with Crippen LogP contribution in [0.3, 0.4) is 0 Å². The predicted octanol–water partition coefficient (Wildman–Crippen LogP) is 3.94. The quantitative estimate of drug-likeness (QED) is 0.390. The molecule has 2 aromatic carbocycles. The first kappa shape index (κ1) is 24.7. The number of nitrogens with one attached hydrogen (secondary N) is 1. The minimum atomic E-state index is -3.08. The molecular weight excluding hydrogens is 484 g/mol. The first-order valence-corrected chi connectivity index (χ1v) is 11.8. The van der Waals surface area contributed by atoms with Crippen LogP contribution in [0.1, 0.15) is 35.7 Å². The van der Waals surface area contributed by atoms with Crippen molar-refractivity contribution in [1.82, 2.24) is 24.9 Å². The third-order valence-electron chi connectivity index (χ3n) is 6.49. The van der Waals surface area contributed by atoms with E-state index in [-0.39, 0.29) is 17.2 Å². The van der Waals surface area contributed by atoms with Gasteiger partial charge in [-0.25, -0.2) is 0 Å². The molecule has 4 aromatic rings. The SMILES string of the molecule is COc1cc(-c2cnn(C[C@H](C)O)c2)cc2nn(C)c(-c3cc(OC(F)F)c4c(c3)[C@@H](C)CNC4=O)c12. The third-order valence-corrected chi connectivity index (χ3v) is 6.49. The van der Waals surface area contributed by atoms with Crippen LogP contribution in [0.15, 0.2) is 36.7 Å². The number of amides is 1. The van der Waals surface area contributed by atoms with Gasteiger partial charge in [0.25, 0.3) is 5.91 Å². The molecule has 0 unspecified atom stereocenters. The van der Waals surface area contributed by atoms with Crippen molar-refractivity contribution >= 4 is 16.8 Å². The maximum Gasteiger partial charge on any atom is 0.387 e. The van der Waals surface area contributed by atoms with Crippen LogP contribution >= 0.6 is 0 Å². The number of methoxy groups -OCH3 is 1. The van der Waals surface area contributed by atoms with E-state index >= 15 is 0 Å². The summed E-state index contributed by atoms with van der Waals surface area (Å²) in [6, 6.07) is 7.05. The van der Waals surface area contributed by atoms with E-state index in [1.54, 1.807) is 36.6 Å². The molecule has 1 aliphatic rings. The largest absolute Gasteiger partial charge is 0.496 e. The number of carbonyl (C=O) groups is 1. The first-order chi connectivity index (χ1) is 17.7. The molecule has 37 heavy (non-hydrogen) atoms. The Morgan fingerprint density at radius 3 is 2.65 bits per heavy atom. The van der Waals surface area contributed by atoms with Crippen molar-refractivity contribution in [3.8, 4) is 33.9 Å². The number of hydrogen-bond acceptors (Lipinski definition) is 6. The molecule has 0 bridgehead atoms. The lowest BCUT2D eigenvalue weighted by Crippen LogP contribution is -2.34. The molecule has 3 heterocycles. The Morgan fingerprint density at radius 2 is 1.95 bits per heavy atom. The summed E-state index contributed by atoms with van der Waals surface area (Å²) in [6.07, 6.45) is 3.00. The van der Waals surface area contributed by atoms with Crippen LogP contribution in [-0.4, -0.2) is 56.9 Å². The molecule has 11 heteroatoms. The van der Waals surface area contributed by atoms with Gasteiger partial charge in [-0.3, -0.25) is 14.2 Å². The van der Waals surface area contributed by atoms with Gasteiger partial charge in [0.05, 0.1) is 48.1 Å². The molecule has 0 radical (unpaired) electrons. The van der Waals surface area contributed by atoms with E-state index < -0.39 is 18.6 Å². The van der Waals surface area contributed by atoms with Crippen LogP contribution in [0.4, 0.5) is 8.78 Å². The summed E-state index contributed by atoms with van der Waals surface area (Å²) < 4.78 is 40.5.